The molecule has 0 aliphatic rings. The smallest absolute Gasteiger partial charge is 0.341 e. The third kappa shape index (κ3) is 3.01. The van der Waals surface area contributed by atoms with Gasteiger partial charge in [0, 0.05) is 5.56 Å². The van der Waals surface area contributed by atoms with Crippen LogP contribution in [0.1, 0.15) is 11.1 Å². The lowest BCUT2D eigenvalue weighted by atomic mass is 10.1. The van der Waals surface area contributed by atoms with Crippen LogP contribution in [0.4, 0.5) is 0 Å². The number of carboxylic acids is 1. The van der Waals surface area contributed by atoms with Crippen molar-refractivity contribution in [1.82, 2.24) is 0 Å². The molecule has 0 aliphatic heterocycles. The molecule has 0 saturated carbocycles. The summed E-state index contributed by atoms with van der Waals surface area (Å²) in [5.74, 6) is -1.01. The standard InChI is InChI=1S/C19H16O5/c1-11-3-6-13(7-4-11)18-19(23-10-16(20)21)17(22)14-9-12(2)5-8-15(14)24-18/h3-9H,10H2,1-2H3,(H,20,21). The summed E-state index contributed by atoms with van der Waals surface area (Å²) in [5.41, 5.74) is 2.67. The van der Waals surface area contributed by atoms with Crippen LogP contribution in [0.3, 0.4) is 0 Å². The summed E-state index contributed by atoms with van der Waals surface area (Å²) in [6.45, 7) is 3.20. The number of benzene rings is 2. The monoisotopic (exact) mass is 324 g/mol. The van der Waals surface area contributed by atoms with Gasteiger partial charge in [0.05, 0.1) is 5.39 Å². The van der Waals surface area contributed by atoms with Gasteiger partial charge < -0.3 is 14.3 Å². The van der Waals surface area contributed by atoms with Crippen molar-refractivity contribution < 1.29 is 19.1 Å². The predicted molar refractivity (Wildman–Crippen MR) is 90.5 cm³/mol. The highest BCUT2D eigenvalue weighted by molar-refractivity contribution is 5.82. The fourth-order valence-corrected chi connectivity index (χ4v) is 2.45. The van der Waals surface area contributed by atoms with Crippen LogP contribution in [0.25, 0.3) is 22.3 Å². The van der Waals surface area contributed by atoms with Crippen LogP contribution in [-0.4, -0.2) is 17.7 Å². The third-order valence-corrected chi connectivity index (χ3v) is 3.66. The van der Waals surface area contributed by atoms with E-state index in [-0.39, 0.29) is 16.9 Å². The number of carboxylic acid groups (broad SMARTS) is 1. The summed E-state index contributed by atoms with van der Waals surface area (Å²) < 4.78 is 11.1. The lowest BCUT2D eigenvalue weighted by molar-refractivity contribution is -0.139. The van der Waals surface area contributed by atoms with Crippen LogP contribution in [0.2, 0.25) is 0 Å². The van der Waals surface area contributed by atoms with Crippen molar-refractivity contribution in [2.75, 3.05) is 6.61 Å². The molecule has 24 heavy (non-hydrogen) atoms. The molecule has 1 N–H and O–H groups in total. The molecule has 0 aliphatic carbocycles. The van der Waals surface area contributed by atoms with Gasteiger partial charge >= 0.3 is 5.97 Å². The van der Waals surface area contributed by atoms with E-state index in [0.717, 1.165) is 11.1 Å². The molecule has 0 fully saturated rings. The summed E-state index contributed by atoms with van der Waals surface area (Å²) in [4.78, 5) is 23.6. The molecule has 122 valence electrons. The van der Waals surface area contributed by atoms with Crippen molar-refractivity contribution in [3.8, 4) is 17.1 Å². The molecule has 0 saturated heterocycles. The number of aryl methyl sites for hydroxylation is 2. The lowest BCUT2D eigenvalue weighted by Crippen LogP contribution is -2.16. The van der Waals surface area contributed by atoms with E-state index in [0.29, 0.717) is 16.5 Å². The van der Waals surface area contributed by atoms with Crippen LogP contribution < -0.4 is 10.2 Å². The highest BCUT2D eigenvalue weighted by atomic mass is 16.5. The Balaban J connectivity index is 2.26. The number of ether oxygens (including phenoxy) is 1. The number of fused-ring (bicyclic) bond motifs is 1. The topological polar surface area (TPSA) is 76.7 Å². The fraction of sp³-hybridized carbons (Fsp3) is 0.158. The maximum absolute atomic E-state index is 12.8. The van der Waals surface area contributed by atoms with Crippen LogP contribution in [-0.2, 0) is 4.79 Å². The Labute approximate surface area is 138 Å². The Kier molecular flexibility index (Phi) is 4.08. The zero-order valence-electron chi connectivity index (χ0n) is 13.3. The molecule has 0 spiro atoms. The molecular weight excluding hydrogens is 308 g/mol. The highest BCUT2D eigenvalue weighted by Gasteiger charge is 2.18. The van der Waals surface area contributed by atoms with Crippen molar-refractivity contribution in [3.63, 3.8) is 0 Å². The van der Waals surface area contributed by atoms with E-state index in [1.807, 2.05) is 32.0 Å². The van der Waals surface area contributed by atoms with E-state index >= 15 is 0 Å². The molecule has 0 unspecified atom stereocenters. The molecule has 3 aromatic rings. The molecule has 0 radical (unpaired) electrons. The highest BCUT2D eigenvalue weighted by Crippen LogP contribution is 2.31. The van der Waals surface area contributed by atoms with Crippen LogP contribution >= 0.6 is 0 Å². The van der Waals surface area contributed by atoms with E-state index in [1.165, 1.54) is 0 Å². The van der Waals surface area contributed by atoms with Gasteiger partial charge in [0.15, 0.2) is 12.4 Å². The van der Waals surface area contributed by atoms with Crippen molar-refractivity contribution in [1.29, 1.82) is 0 Å². The van der Waals surface area contributed by atoms with E-state index in [4.69, 9.17) is 14.3 Å². The predicted octanol–water partition coefficient (Wildman–Crippen LogP) is 3.54. The quantitative estimate of drug-likeness (QED) is 0.794. The minimum atomic E-state index is -1.16. The van der Waals surface area contributed by atoms with Gasteiger partial charge in [0.2, 0.25) is 11.2 Å². The van der Waals surface area contributed by atoms with E-state index in [1.54, 1.807) is 24.3 Å². The van der Waals surface area contributed by atoms with Gasteiger partial charge in [-0.15, -0.1) is 0 Å². The molecule has 1 heterocycles. The minimum Gasteiger partial charge on any atom is -0.479 e. The van der Waals surface area contributed by atoms with Crippen LogP contribution in [0, 0.1) is 13.8 Å². The first-order chi connectivity index (χ1) is 11.5. The molecule has 3 rings (SSSR count). The zero-order chi connectivity index (χ0) is 17.3. The SMILES string of the molecule is Cc1ccc(-c2oc3ccc(C)cc3c(=O)c2OCC(=O)O)cc1. The fourth-order valence-electron chi connectivity index (χ4n) is 2.45. The Morgan fingerprint density at radius 2 is 1.75 bits per heavy atom. The van der Waals surface area contributed by atoms with Gasteiger partial charge in [-0.25, -0.2) is 4.79 Å². The summed E-state index contributed by atoms with van der Waals surface area (Å²) in [7, 11) is 0. The van der Waals surface area contributed by atoms with Gasteiger partial charge in [-0.2, -0.15) is 0 Å². The normalized spacial score (nSPS) is 10.8. The van der Waals surface area contributed by atoms with Gasteiger partial charge in [-0.05, 0) is 26.0 Å². The Bertz CT molecular complexity index is 967. The van der Waals surface area contributed by atoms with Crippen LogP contribution in [0.5, 0.6) is 5.75 Å². The largest absolute Gasteiger partial charge is 0.479 e. The van der Waals surface area contributed by atoms with Gasteiger partial charge in [-0.1, -0.05) is 41.5 Å². The maximum Gasteiger partial charge on any atom is 0.341 e. The third-order valence-electron chi connectivity index (χ3n) is 3.66. The van der Waals surface area contributed by atoms with E-state index in [9.17, 15) is 9.59 Å². The summed E-state index contributed by atoms with van der Waals surface area (Å²) in [5, 5.41) is 9.23. The Morgan fingerprint density at radius 1 is 1.08 bits per heavy atom. The van der Waals surface area contributed by atoms with Gasteiger partial charge in [-0.3, -0.25) is 4.79 Å². The molecule has 5 heteroatoms. The number of aliphatic carboxylic acids is 1. The van der Waals surface area contributed by atoms with Crippen molar-refractivity contribution in [2.24, 2.45) is 0 Å². The average Bonchev–Trinajstić information content (AvgIpc) is 2.55. The first-order valence-electron chi connectivity index (χ1n) is 7.45. The van der Waals surface area contributed by atoms with E-state index < -0.39 is 12.6 Å². The lowest BCUT2D eigenvalue weighted by Gasteiger charge is -2.11. The minimum absolute atomic E-state index is 0.0839. The zero-order valence-corrected chi connectivity index (χ0v) is 13.3. The van der Waals surface area contributed by atoms with Crippen molar-refractivity contribution in [3.05, 3.63) is 63.8 Å². The van der Waals surface area contributed by atoms with Crippen molar-refractivity contribution >= 4 is 16.9 Å². The van der Waals surface area contributed by atoms with Gasteiger partial charge in [0.1, 0.15) is 5.58 Å². The molecule has 5 nitrogen and oxygen atoms in total. The second-order valence-corrected chi connectivity index (χ2v) is 5.64. The average molecular weight is 324 g/mol. The van der Waals surface area contributed by atoms with E-state index in [2.05, 4.69) is 0 Å². The van der Waals surface area contributed by atoms with Crippen LogP contribution in [0.15, 0.2) is 51.7 Å². The number of hydrogen-bond acceptors (Lipinski definition) is 4. The second kappa shape index (κ2) is 6.20. The molecule has 0 atom stereocenters. The molecule has 0 bridgehead atoms. The summed E-state index contributed by atoms with van der Waals surface area (Å²) in [6.07, 6.45) is 0. The molecule has 2 aromatic carbocycles. The second-order valence-electron chi connectivity index (χ2n) is 5.64. The number of hydrogen-bond donors (Lipinski definition) is 1. The summed E-state index contributed by atoms with van der Waals surface area (Å²) in [6, 6.07) is 12.7. The van der Waals surface area contributed by atoms with Gasteiger partial charge in [0.25, 0.3) is 0 Å². The number of carbonyl (C=O) groups is 1. The Morgan fingerprint density at radius 3 is 2.42 bits per heavy atom. The first-order valence-corrected chi connectivity index (χ1v) is 7.45. The molecule has 1 aromatic heterocycles. The Hall–Kier alpha value is -3.08. The van der Waals surface area contributed by atoms with Crippen molar-refractivity contribution in [2.45, 2.75) is 13.8 Å². The first kappa shape index (κ1) is 15.8. The number of rotatable bonds is 4. The summed E-state index contributed by atoms with van der Waals surface area (Å²) >= 11 is 0. The molecular formula is C19H16O5. The maximum atomic E-state index is 12.8. The molecule has 0 amide bonds.